The van der Waals surface area contributed by atoms with Crippen LogP contribution in [0, 0.1) is 0 Å². The van der Waals surface area contributed by atoms with Gasteiger partial charge in [-0.25, -0.2) is 0 Å². The number of thioether (sulfide) groups is 1. The van der Waals surface area contributed by atoms with Crippen LogP contribution in [-0.2, 0) is 17.9 Å². The Morgan fingerprint density at radius 3 is 2.44 bits per heavy atom. The Kier molecular flexibility index (Phi) is 6.52. The molecule has 2 amide bonds. The smallest absolute Gasteiger partial charge is 0.293 e. The Bertz CT molecular complexity index is 1420. The zero-order chi connectivity index (χ0) is 23.5. The summed E-state index contributed by atoms with van der Waals surface area (Å²) in [6, 6.07) is 29.4. The van der Waals surface area contributed by atoms with Gasteiger partial charge < -0.3 is 4.74 Å². The predicted molar refractivity (Wildman–Crippen MR) is 140 cm³/mol. The van der Waals surface area contributed by atoms with Crippen molar-refractivity contribution in [3.8, 4) is 5.75 Å². The van der Waals surface area contributed by atoms with Crippen LogP contribution in [0.25, 0.3) is 16.8 Å². The summed E-state index contributed by atoms with van der Waals surface area (Å²) in [5.74, 6) is 0.373. The fourth-order valence-corrected chi connectivity index (χ4v) is 5.14. The van der Waals surface area contributed by atoms with Crippen molar-refractivity contribution >= 4 is 55.7 Å². The number of fused-ring (bicyclic) bond motifs is 1. The van der Waals surface area contributed by atoms with Crippen LogP contribution in [0.15, 0.2) is 100 Å². The van der Waals surface area contributed by atoms with E-state index in [1.807, 2.05) is 91.0 Å². The maximum Gasteiger partial charge on any atom is 0.293 e. The minimum atomic E-state index is -0.295. The molecule has 5 rings (SSSR count). The first-order chi connectivity index (χ1) is 16.6. The van der Waals surface area contributed by atoms with Crippen molar-refractivity contribution < 1.29 is 14.3 Å². The van der Waals surface area contributed by atoms with E-state index in [0.29, 0.717) is 17.3 Å². The first-order valence-corrected chi connectivity index (χ1v) is 12.4. The van der Waals surface area contributed by atoms with Gasteiger partial charge in [0.1, 0.15) is 12.4 Å². The van der Waals surface area contributed by atoms with Gasteiger partial charge in [0, 0.05) is 10.0 Å². The van der Waals surface area contributed by atoms with Crippen LogP contribution in [0.2, 0.25) is 0 Å². The molecule has 0 aromatic heterocycles. The quantitative estimate of drug-likeness (QED) is 0.244. The van der Waals surface area contributed by atoms with Crippen molar-refractivity contribution in [2.75, 3.05) is 0 Å². The second-order valence-electron chi connectivity index (χ2n) is 7.87. The van der Waals surface area contributed by atoms with Gasteiger partial charge in [0.25, 0.3) is 11.1 Å². The van der Waals surface area contributed by atoms with Crippen LogP contribution >= 0.6 is 27.7 Å². The number of rotatable bonds is 6. The summed E-state index contributed by atoms with van der Waals surface area (Å²) in [5.41, 5.74) is 2.73. The zero-order valence-electron chi connectivity index (χ0n) is 18.1. The lowest BCUT2D eigenvalue weighted by Crippen LogP contribution is -2.27. The summed E-state index contributed by atoms with van der Waals surface area (Å²) < 4.78 is 7.08. The van der Waals surface area contributed by atoms with Gasteiger partial charge in [-0.3, -0.25) is 14.5 Å². The van der Waals surface area contributed by atoms with Crippen LogP contribution < -0.4 is 4.74 Å². The minimum absolute atomic E-state index is 0.231. The summed E-state index contributed by atoms with van der Waals surface area (Å²) >= 11 is 4.40. The molecule has 0 N–H and O–H groups in total. The third kappa shape index (κ3) is 4.79. The fraction of sp³-hybridized carbons (Fsp3) is 0.0714. The molecule has 6 heteroatoms. The Morgan fingerprint density at radius 2 is 1.62 bits per heavy atom. The molecule has 4 aromatic rings. The van der Waals surface area contributed by atoms with E-state index in [9.17, 15) is 9.59 Å². The van der Waals surface area contributed by atoms with E-state index < -0.39 is 0 Å². The first-order valence-electron chi connectivity index (χ1n) is 10.8. The number of amides is 2. The van der Waals surface area contributed by atoms with E-state index in [1.165, 1.54) is 4.90 Å². The molecule has 1 aliphatic rings. The number of ether oxygens (including phenoxy) is 1. The summed E-state index contributed by atoms with van der Waals surface area (Å²) in [6.45, 7) is 0.638. The minimum Gasteiger partial charge on any atom is -0.488 e. The highest BCUT2D eigenvalue weighted by Gasteiger charge is 2.35. The van der Waals surface area contributed by atoms with E-state index >= 15 is 0 Å². The van der Waals surface area contributed by atoms with Crippen molar-refractivity contribution in [1.29, 1.82) is 0 Å². The third-order valence-corrected chi connectivity index (χ3v) is 6.95. The third-order valence-electron chi connectivity index (χ3n) is 5.55. The van der Waals surface area contributed by atoms with Crippen LogP contribution in [0.4, 0.5) is 4.79 Å². The van der Waals surface area contributed by atoms with Crippen molar-refractivity contribution in [1.82, 2.24) is 4.90 Å². The second kappa shape index (κ2) is 9.87. The molecule has 0 radical (unpaired) electrons. The normalized spacial score (nSPS) is 14.9. The van der Waals surface area contributed by atoms with E-state index in [2.05, 4.69) is 15.9 Å². The van der Waals surface area contributed by atoms with Crippen molar-refractivity contribution in [2.45, 2.75) is 13.2 Å². The molecule has 0 spiro atoms. The highest BCUT2D eigenvalue weighted by atomic mass is 79.9. The number of hydrogen-bond acceptors (Lipinski definition) is 4. The highest BCUT2D eigenvalue weighted by molar-refractivity contribution is 9.10. The zero-order valence-corrected chi connectivity index (χ0v) is 20.5. The fourth-order valence-electron chi connectivity index (χ4n) is 3.87. The molecule has 0 aliphatic carbocycles. The summed E-state index contributed by atoms with van der Waals surface area (Å²) in [6.07, 6.45) is 1.79. The largest absolute Gasteiger partial charge is 0.488 e. The molecule has 0 atom stereocenters. The molecule has 1 fully saturated rings. The number of carbonyl (C=O) groups is 2. The average molecular weight is 530 g/mol. The molecule has 168 valence electrons. The van der Waals surface area contributed by atoms with E-state index in [1.54, 1.807) is 6.08 Å². The number of carbonyl (C=O) groups excluding carboxylic acids is 2. The summed E-state index contributed by atoms with van der Waals surface area (Å²) in [7, 11) is 0. The lowest BCUT2D eigenvalue weighted by Gasteiger charge is -2.14. The molecule has 0 saturated carbocycles. The number of imide groups is 1. The molecule has 1 saturated heterocycles. The first kappa shape index (κ1) is 22.4. The molecular formula is C28H20BrNO3S. The molecule has 1 heterocycles. The lowest BCUT2D eigenvalue weighted by atomic mass is 10.0. The standard InChI is InChI=1S/C28H20BrNO3S/c29-22-11-6-9-20(15-22)17-30-27(31)26(34-28(30)32)16-24-23-12-5-4-10-21(23)13-14-25(24)33-18-19-7-2-1-3-8-19/h1-16H,17-18H2/b26-16+. The molecule has 1 aliphatic heterocycles. The number of halogens is 1. The van der Waals surface area contributed by atoms with Crippen LogP contribution in [0.1, 0.15) is 16.7 Å². The Hall–Kier alpha value is -3.35. The van der Waals surface area contributed by atoms with Crippen molar-refractivity contribution in [3.63, 3.8) is 0 Å². The van der Waals surface area contributed by atoms with Gasteiger partial charge in [-0.1, -0.05) is 88.7 Å². The topological polar surface area (TPSA) is 46.6 Å². The maximum atomic E-state index is 13.2. The lowest BCUT2D eigenvalue weighted by molar-refractivity contribution is -0.123. The molecule has 4 aromatic carbocycles. The van der Waals surface area contributed by atoms with E-state index in [0.717, 1.165) is 43.7 Å². The average Bonchev–Trinajstić information content (AvgIpc) is 3.11. The van der Waals surface area contributed by atoms with Gasteiger partial charge in [0.2, 0.25) is 0 Å². The molecule has 34 heavy (non-hydrogen) atoms. The Morgan fingerprint density at radius 1 is 0.853 bits per heavy atom. The highest BCUT2D eigenvalue weighted by Crippen LogP contribution is 2.37. The van der Waals surface area contributed by atoms with Gasteiger partial charge in [-0.2, -0.15) is 0 Å². The Labute approximate surface area is 210 Å². The molecular weight excluding hydrogens is 510 g/mol. The number of hydrogen-bond donors (Lipinski definition) is 0. The van der Waals surface area contributed by atoms with Gasteiger partial charge in [0.15, 0.2) is 0 Å². The van der Waals surface area contributed by atoms with E-state index in [-0.39, 0.29) is 17.7 Å². The van der Waals surface area contributed by atoms with Crippen molar-refractivity contribution in [3.05, 3.63) is 117 Å². The van der Waals surface area contributed by atoms with Gasteiger partial charge in [-0.15, -0.1) is 0 Å². The predicted octanol–water partition coefficient (Wildman–Crippen LogP) is 7.42. The molecule has 4 nitrogen and oxygen atoms in total. The second-order valence-corrected chi connectivity index (χ2v) is 9.78. The summed E-state index contributed by atoms with van der Waals surface area (Å²) in [4.78, 5) is 27.6. The van der Waals surface area contributed by atoms with E-state index in [4.69, 9.17) is 4.74 Å². The van der Waals surface area contributed by atoms with Crippen LogP contribution in [0.3, 0.4) is 0 Å². The van der Waals surface area contributed by atoms with Gasteiger partial charge in [-0.05, 0) is 57.9 Å². The number of benzene rings is 4. The number of nitrogens with zero attached hydrogens (tertiary/aromatic N) is 1. The summed E-state index contributed by atoms with van der Waals surface area (Å²) in [5, 5.41) is 1.73. The molecule has 0 bridgehead atoms. The maximum absolute atomic E-state index is 13.2. The van der Waals surface area contributed by atoms with Gasteiger partial charge >= 0.3 is 0 Å². The van der Waals surface area contributed by atoms with Gasteiger partial charge in [0.05, 0.1) is 11.4 Å². The molecule has 0 unspecified atom stereocenters. The SMILES string of the molecule is O=C1S/C(=C/c2c(OCc3ccccc3)ccc3ccccc23)C(=O)N1Cc1cccc(Br)c1. The van der Waals surface area contributed by atoms with Crippen LogP contribution in [-0.4, -0.2) is 16.0 Å². The Balaban J connectivity index is 1.48. The monoisotopic (exact) mass is 529 g/mol. The van der Waals surface area contributed by atoms with Crippen LogP contribution in [0.5, 0.6) is 5.75 Å². The van der Waals surface area contributed by atoms with Crippen molar-refractivity contribution in [2.24, 2.45) is 0 Å².